The Kier molecular flexibility index (Phi) is 5.80. The number of rotatable bonds is 7. The van der Waals surface area contributed by atoms with Gasteiger partial charge in [-0.05, 0) is 37.7 Å². The van der Waals surface area contributed by atoms with E-state index in [2.05, 4.69) is 21.4 Å². The molecule has 0 aliphatic carbocycles. The number of likely N-dealkylation sites (N-methyl/N-ethyl adjacent to an activating group) is 1. The van der Waals surface area contributed by atoms with Crippen molar-refractivity contribution in [1.82, 2.24) is 20.0 Å². The summed E-state index contributed by atoms with van der Waals surface area (Å²) in [6.45, 7) is 0.989. The van der Waals surface area contributed by atoms with Crippen LogP contribution in [0, 0.1) is 0 Å². The fraction of sp³-hybridized carbons (Fsp3) is 0.316. The maximum absolute atomic E-state index is 12.3. The van der Waals surface area contributed by atoms with Crippen LogP contribution in [-0.4, -0.2) is 41.2 Å². The molecule has 1 unspecified atom stereocenters. The lowest BCUT2D eigenvalue weighted by Crippen LogP contribution is -2.34. The van der Waals surface area contributed by atoms with E-state index in [1.165, 1.54) is 11.1 Å². The minimum atomic E-state index is -0.105. The molecule has 0 aliphatic rings. The van der Waals surface area contributed by atoms with Crippen molar-refractivity contribution in [3.8, 4) is 0 Å². The summed E-state index contributed by atoms with van der Waals surface area (Å²) in [6.07, 6.45) is 1.61. The summed E-state index contributed by atoms with van der Waals surface area (Å²) >= 11 is 1.69. The van der Waals surface area contributed by atoms with Crippen molar-refractivity contribution in [2.45, 2.75) is 19.0 Å². The van der Waals surface area contributed by atoms with Gasteiger partial charge < -0.3 is 10.2 Å². The van der Waals surface area contributed by atoms with Crippen LogP contribution in [0.3, 0.4) is 0 Å². The first-order valence-electron chi connectivity index (χ1n) is 8.47. The number of nitrogens with one attached hydrogen (secondary N) is 1. The molecule has 7 heteroatoms. The minimum Gasteiger partial charge on any atom is -0.354 e. The van der Waals surface area contributed by atoms with E-state index >= 15 is 0 Å². The molecule has 1 amide bonds. The molecule has 3 aromatic rings. The third-order valence-electron chi connectivity index (χ3n) is 4.30. The molecule has 3 rings (SSSR count). The standard InChI is InChI=1S/C19H22N4O2S/c1-22(2)16(18-8-5-11-26-18)12-20-19(25)9-10-23-15-7-4-3-6-14(15)17(24)13-21-23/h3-8,11,13,16H,9-10,12H2,1-2H3,(H,20,25). The van der Waals surface area contributed by atoms with Crippen LogP contribution < -0.4 is 10.7 Å². The van der Waals surface area contributed by atoms with Crippen LogP contribution in [0.15, 0.2) is 52.8 Å². The molecule has 1 N–H and O–H groups in total. The second-order valence-electron chi connectivity index (χ2n) is 6.30. The molecule has 0 aliphatic heterocycles. The molecule has 1 aromatic carbocycles. The summed E-state index contributed by atoms with van der Waals surface area (Å²) in [5, 5.41) is 9.83. The van der Waals surface area contributed by atoms with Gasteiger partial charge in [0, 0.05) is 23.2 Å². The Morgan fingerprint density at radius 3 is 2.81 bits per heavy atom. The SMILES string of the molecule is CN(C)C(CNC(=O)CCn1ncc(=O)c2ccccc21)c1cccs1. The lowest BCUT2D eigenvalue weighted by Gasteiger charge is -2.23. The van der Waals surface area contributed by atoms with Crippen molar-refractivity contribution in [3.63, 3.8) is 0 Å². The third-order valence-corrected chi connectivity index (χ3v) is 5.27. The van der Waals surface area contributed by atoms with Gasteiger partial charge in [-0.25, -0.2) is 0 Å². The maximum Gasteiger partial charge on any atom is 0.221 e. The Hall–Kier alpha value is -2.51. The first-order valence-corrected chi connectivity index (χ1v) is 9.35. The van der Waals surface area contributed by atoms with E-state index in [0.29, 0.717) is 24.9 Å². The van der Waals surface area contributed by atoms with E-state index in [1.807, 2.05) is 43.7 Å². The van der Waals surface area contributed by atoms with Gasteiger partial charge in [-0.2, -0.15) is 5.10 Å². The van der Waals surface area contributed by atoms with Gasteiger partial charge >= 0.3 is 0 Å². The summed E-state index contributed by atoms with van der Waals surface area (Å²) in [5.41, 5.74) is 0.642. The number of para-hydroxylation sites is 1. The van der Waals surface area contributed by atoms with Crippen molar-refractivity contribution in [2.24, 2.45) is 0 Å². The van der Waals surface area contributed by atoms with Crippen LogP contribution >= 0.6 is 11.3 Å². The van der Waals surface area contributed by atoms with Crippen molar-refractivity contribution >= 4 is 28.1 Å². The Labute approximate surface area is 156 Å². The molecule has 0 spiro atoms. The zero-order chi connectivity index (χ0) is 18.5. The van der Waals surface area contributed by atoms with Crippen molar-refractivity contribution in [2.75, 3.05) is 20.6 Å². The number of aryl methyl sites for hydroxylation is 1. The second kappa shape index (κ2) is 8.25. The van der Waals surface area contributed by atoms with Gasteiger partial charge in [0.2, 0.25) is 11.3 Å². The number of thiophene rings is 1. The van der Waals surface area contributed by atoms with E-state index < -0.39 is 0 Å². The first kappa shape index (κ1) is 18.3. The summed E-state index contributed by atoms with van der Waals surface area (Å²) < 4.78 is 1.71. The number of benzene rings is 1. The average molecular weight is 370 g/mol. The number of carbonyl (C=O) groups excluding carboxylic acids is 1. The van der Waals surface area contributed by atoms with Crippen molar-refractivity contribution in [1.29, 1.82) is 0 Å². The molecule has 0 bridgehead atoms. The highest BCUT2D eigenvalue weighted by Crippen LogP contribution is 2.22. The van der Waals surface area contributed by atoms with Crippen LogP contribution in [0.1, 0.15) is 17.3 Å². The van der Waals surface area contributed by atoms with Crippen LogP contribution in [0.5, 0.6) is 0 Å². The average Bonchev–Trinajstić information content (AvgIpc) is 3.15. The predicted octanol–water partition coefficient (Wildman–Crippen LogP) is 2.27. The number of aromatic nitrogens is 2. The molecule has 0 saturated heterocycles. The molecule has 2 aromatic heterocycles. The van der Waals surface area contributed by atoms with Crippen LogP contribution in [-0.2, 0) is 11.3 Å². The summed E-state index contributed by atoms with van der Waals surface area (Å²) in [6, 6.07) is 11.6. The molecule has 136 valence electrons. The topological polar surface area (TPSA) is 67.2 Å². The molecule has 6 nitrogen and oxygen atoms in total. The highest BCUT2D eigenvalue weighted by atomic mass is 32.1. The summed E-state index contributed by atoms with van der Waals surface area (Å²) in [7, 11) is 4.01. The van der Waals surface area contributed by atoms with Gasteiger partial charge in [0.15, 0.2) is 0 Å². The Bertz CT molecular complexity index is 934. The lowest BCUT2D eigenvalue weighted by atomic mass is 10.2. The van der Waals surface area contributed by atoms with Gasteiger partial charge in [-0.3, -0.25) is 14.3 Å². The fourth-order valence-electron chi connectivity index (χ4n) is 2.86. The van der Waals surface area contributed by atoms with E-state index in [0.717, 1.165) is 5.52 Å². The number of fused-ring (bicyclic) bond motifs is 1. The van der Waals surface area contributed by atoms with Gasteiger partial charge in [0.1, 0.15) is 0 Å². The number of carbonyl (C=O) groups is 1. The zero-order valence-electron chi connectivity index (χ0n) is 14.9. The molecule has 0 fully saturated rings. The van der Waals surface area contributed by atoms with Crippen LogP contribution in [0.2, 0.25) is 0 Å². The van der Waals surface area contributed by atoms with Crippen LogP contribution in [0.4, 0.5) is 0 Å². The predicted molar refractivity (Wildman–Crippen MR) is 104 cm³/mol. The zero-order valence-corrected chi connectivity index (χ0v) is 15.7. The maximum atomic E-state index is 12.3. The quantitative estimate of drug-likeness (QED) is 0.693. The molecule has 1 atom stereocenters. The number of amides is 1. The van der Waals surface area contributed by atoms with E-state index in [-0.39, 0.29) is 17.4 Å². The highest BCUT2D eigenvalue weighted by Gasteiger charge is 2.16. The molecule has 26 heavy (non-hydrogen) atoms. The van der Waals surface area contributed by atoms with Crippen LogP contribution in [0.25, 0.3) is 10.9 Å². The minimum absolute atomic E-state index is 0.0296. The highest BCUT2D eigenvalue weighted by molar-refractivity contribution is 7.10. The summed E-state index contributed by atoms with van der Waals surface area (Å²) in [5.74, 6) is -0.0296. The molecular weight excluding hydrogens is 348 g/mol. The van der Waals surface area contributed by atoms with E-state index in [9.17, 15) is 9.59 Å². The first-order chi connectivity index (χ1) is 12.6. The Balaban J connectivity index is 1.61. The van der Waals surface area contributed by atoms with E-state index in [4.69, 9.17) is 0 Å². The van der Waals surface area contributed by atoms with Gasteiger partial charge in [0.25, 0.3) is 0 Å². The van der Waals surface area contributed by atoms with Gasteiger partial charge in [0.05, 0.1) is 24.3 Å². The molecule has 0 saturated carbocycles. The molecule has 0 radical (unpaired) electrons. The monoisotopic (exact) mass is 370 g/mol. The van der Waals surface area contributed by atoms with Crippen molar-refractivity contribution < 1.29 is 4.79 Å². The molecular formula is C19H22N4O2S. The lowest BCUT2D eigenvalue weighted by molar-refractivity contribution is -0.121. The smallest absolute Gasteiger partial charge is 0.221 e. The van der Waals surface area contributed by atoms with E-state index in [1.54, 1.807) is 22.1 Å². The second-order valence-corrected chi connectivity index (χ2v) is 7.28. The summed E-state index contributed by atoms with van der Waals surface area (Å²) in [4.78, 5) is 27.5. The Morgan fingerprint density at radius 2 is 2.08 bits per heavy atom. The fourth-order valence-corrected chi connectivity index (χ4v) is 3.79. The molecule has 2 heterocycles. The third kappa shape index (κ3) is 4.17. The number of hydrogen-bond acceptors (Lipinski definition) is 5. The largest absolute Gasteiger partial charge is 0.354 e. The Morgan fingerprint density at radius 1 is 1.27 bits per heavy atom. The van der Waals surface area contributed by atoms with Gasteiger partial charge in [-0.15, -0.1) is 11.3 Å². The van der Waals surface area contributed by atoms with Crippen molar-refractivity contribution in [3.05, 3.63) is 63.1 Å². The number of nitrogens with zero attached hydrogens (tertiary/aromatic N) is 3. The normalized spacial score (nSPS) is 12.4. The van der Waals surface area contributed by atoms with Gasteiger partial charge in [-0.1, -0.05) is 18.2 Å². The number of hydrogen-bond donors (Lipinski definition) is 1.